The quantitative estimate of drug-likeness (QED) is 0.398. The maximum Gasteiger partial charge on any atom is 0.274 e. The van der Waals surface area contributed by atoms with Gasteiger partial charge < -0.3 is 10.6 Å². The number of para-hydroxylation sites is 1. The number of halogens is 1. The molecular formula is C24H21ClN4O3S. The average molecular weight is 481 g/mol. The molecule has 33 heavy (non-hydrogen) atoms. The summed E-state index contributed by atoms with van der Waals surface area (Å²) in [4.78, 5) is 44.3. The molecule has 2 aromatic heterocycles. The number of anilines is 2. The number of aromatic nitrogens is 2. The van der Waals surface area contributed by atoms with Gasteiger partial charge in [-0.25, -0.2) is 9.38 Å². The second-order valence-corrected chi connectivity index (χ2v) is 8.86. The summed E-state index contributed by atoms with van der Waals surface area (Å²) >= 11 is 7.19. The number of aryl methyl sites for hydroxylation is 2. The third-order valence-electron chi connectivity index (χ3n) is 4.96. The number of hydrogen-bond donors (Lipinski definition) is 2. The highest BCUT2D eigenvalue weighted by Crippen LogP contribution is 2.25. The van der Waals surface area contributed by atoms with Gasteiger partial charge in [0.15, 0.2) is 4.96 Å². The monoisotopic (exact) mass is 480 g/mol. The van der Waals surface area contributed by atoms with Gasteiger partial charge in [0, 0.05) is 28.2 Å². The van der Waals surface area contributed by atoms with E-state index in [9.17, 15) is 14.4 Å². The van der Waals surface area contributed by atoms with Crippen molar-refractivity contribution in [2.75, 3.05) is 10.6 Å². The number of fused-ring (bicyclic) bond motifs is 1. The second-order valence-electron chi connectivity index (χ2n) is 7.47. The lowest BCUT2D eigenvalue weighted by Gasteiger charge is -2.09. The van der Waals surface area contributed by atoms with Crippen molar-refractivity contribution in [3.8, 4) is 0 Å². The molecule has 0 atom stereocenters. The zero-order chi connectivity index (χ0) is 23.5. The number of rotatable bonds is 6. The van der Waals surface area contributed by atoms with E-state index >= 15 is 0 Å². The van der Waals surface area contributed by atoms with Gasteiger partial charge in [0.25, 0.3) is 17.4 Å². The number of carbonyl (C=O) groups is 2. The Bertz CT molecular complexity index is 1410. The van der Waals surface area contributed by atoms with E-state index in [1.54, 1.807) is 42.5 Å². The molecule has 2 heterocycles. The molecule has 2 aromatic carbocycles. The normalized spacial score (nSPS) is 10.9. The molecule has 2 amide bonds. The van der Waals surface area contributed by atoms with Crippen LogP contribution in [0.15, 0.2) is 59.4 Å². The Balaban J connectivity index is 1.81. The van der Waals surface area contributed by atoms with Crippen LogP contribution >= 0.6 is 22.9 Å². The van der Waals surface area contributed by atoms with Crippen molar-refractivity contribution < 1.29 is 9.59 Å². The number of benzene rings is 2. The van der Waals surface area contributed by atoms with Gasteiger partial charge >= 0.3 is 0 Å². The highest BCUT2D eigenvalue weighted by Gasteiger charge is 2.26. The molecule has 0 aliphatic heterocycles. The first kappa shape index (κ1) is 22.7. The molecule has 7 nitrogen and oxygen atoms in total. The van der Waals surface area contributed by atoms with E-state index < -0.39 is 17.4 Å². The second kappa shape index (κ2) is 9.56. The van der Waals surface area contributed by atoms with Crippen LogP contribution < -0.4 is 16.2 Å². The minimum atomic E-state index is -0.605. The van der Waals surface area contributed by atoms with Gasteiger partial charge in [-0.1, -0.05) is 60.5 Å². The summed E-state index contributed by atoms with van der Waals surface area (Å²) in [6, 6.07) is 15.4. The summed E-state index contributed by atoms with van der Waals surface area (Å²) in [5, 5.41) is 6.02. The Morgan fingerprint density at radius 3 is 2.45 bits per heavy atom. The molecular weight excluding hydrogens is 460 g/mol. The Morgan fingerprint density at radius 2 is 1.76 bits per heavy atom. The van der Waals surface area contributed by atoms with E-state index in [0.29, 0.717) is 28.5 Å². The lowest BCUT2D eigenvalue weighted by atomic mass is 10.2. The molecule has 0 unspecified atom stereocenters. The van der Waals surface area contributed by atoms with Gasteiger partial charge in [-0.3, -0.25) is 14.4 Å². The molecule has 0 aliphatic rings. The smallest absolute Gasteiger partial charge is 0.274 e. The maximum absolute atomic E-state index is 13.3. The predicted octanol–water partition coefficient (Wildman–Crippen LogP) is 5.17. The lowest BCUT2D eigenvalue weighted by Crippen LogP contribution is -2.25. The minimum absolute atomic E-state index is 0.0688. The lowest BCUT2D eigenvalue weighted by molar-refractivity contribution is 0.0989. The first-order valence-electron chi connectivity index (χ1n) is 10.4. The molecule has 0 bridgehead atoms. The van der Waals surface area contributed by atoms with E-state index in [1.165, 1.54) is 10.5 Å². The molecule has 0 saturated carbocycles. The van der Waals surface area contributed by atoms with Crippen LogP contribution in [0.2, 0.25) is 5.02 Å². The molecule has 0 radical (unpaired) electrons. The zero-order valence-corrected chi connectivity index (χ0v) is 19.6. The highest BCUT2D eigenvalue weighted by atomic mass is 35.5. The number of thiazole rings is 1. The minimum Gasteiger partial charge on any atom is -0.321 e. The third kappa shape index (κ3) is 4.81. The van der Waals surface area contributed by atoms with E-state index in [1.807, 2.05) is 19.9 Å². The molecule has 0 spiro atoms. The molecule has 0 fully saturated rings. The van der Waals surface area contributed by atoms with Crippen molar-refractivity contribution in [3.05, 3.63) is 91.8 Å². The molecule has 2 N–H and O–H groups in total. The van der Waals surface area contributed by atoms with E-state index in [-0.39, 0.29) is 15.5 Å². The largest absolute Gasteiger partial charge is 0.321 e. The fourth-order valence-electron chi connectivity index (χ4n) is 3.33. The van der Waals surface area contributed by atoms with Crippen LogP contribution in [0.5, 0.6) is 0 Å². The van der Waals surface area contributed by atoms with E-state index in [0.717, 1.165) is 23.3 Å². The van der Waals surface area contributed by atoms with Crippen LogP contribution in [0, 0.1) is 6.92 Å². The van der Waals surface area contributed by atoms with Crippen molar-refractivity contribution >= 4 is 51.1 Å². The van der Waals surface area contributed by atoms with Crippen LogP contribution in [0.4, 0.5) is 11.4 Å². The molecule has 0 aliphatic carbocycles. The van der Waals surface area contributed by atoms with Crippen LogP contribution in [-0.2, 0) is 6.42 Å². The SMILES string of the molecule is CCCc1cc(=O)n2c(C(=O)Nc3ccc(C)c(Cl)c3)c(C(=O)Nc3ccccc3)sc2n1. The topological polar surface area (TPSA) is 92.6 Å². The first-order valence-corrected chi connectivity index (χ1v) is 11.6. The zero-order valence-electron chi connectivity index (χ0n) is 18.0. The molecule has 4 rings (SSSR count). The molecule has 4 aromatic rings. The highest BCUT2D eigenvalue weighted by molar-refractivity contribution is 7.19. The summed E-state index contributed by atoms with van der Waals surface area (Å²) in [5.74, 6) is -1.10. The summed E-state index contributed by atoms with van der Waals surface area (Å²) in [6.07, 6.45) is 1.44. The molecule has 9 heteroatoms. The van der Waals surface area contributed by atoms with Gasteiger partial charge in [0.1, 0.15) is 10.6 Å². The van der Waals surface area contributed by atoms with Gasteiger partial charge in [0.05, 0.1) is 0 Å². The number of amides is 2. The van der Waals surface area contributed by atoms with Gasteiger partial charge in [-0.2, -0.15) is 0 Å². The van der Waals surface area contributed by atoms with E-state index in [4.69, 9.17) is 11.6 Å². The van der Waals surface area contributed by atoms with Crippen molar-refractivity contribution in [3.63, 3.8) is 0 Å². The van der Waals surface area contributed by atoms with Crippen LogP contribution in [0.1, 0.15) is 44.8 Å². The Kier molecular flexibility index (Phi) is 6.57. The number of nitrogens with one attached hydrogen (secondary N) is 2. The average Bonchev–Trinajstić information content (AvgIpc) is 3.18. The van der Waals surface area contributed by atoms with Gasteiger partial charge in [0.2, 0.25) is 0 Å². The molecule has 0 saturated heterocycles. The fourth-order valence-corrected chi connectivity index (χ4v) is 4.56. The predicted molar refractivity (Wildman–Crippen MR) is 132 cm³/mol. The van der Waals surface area contributed by atoms with E-state index in [2.05, 4.69) is 15.6 Å². The number of carbonyl (C=O) groups excluding carboxylic acids is 2. The molecule has 168 valence electrons. The van der Waals surface area contributed by atoms with Crippen molar-refractivity contribution in [1.29, 1.82) is 0 Å². The van der Waals surface area contributed by atoms with Crippen molar-refractivity contribution in [2.45, 2.75) is 26.7 Å². The fraction of sp³-hybridized carbons (Fsp3) is 0.167. The van der Waals surface area contributed by atoms with Crippen molar-refractivity contribution in [1.82, 2.24) is 9.38 Å². The van der Waals surface area contributed by atoms with Gasteiger partial charge in [-0.05, 0) is 43.2 Å². The van der Waals surface area contributed by atoms with Crippen LogP contribution in [0.3, 0.4) is 0 Å². The standard InChI is InChI=1S/C24H21ClN4O3S/c1-3-7-16-13-19(30)29-20(22(31)27-17-11-10-14(2)18(25)12-17)21(33-24(29)28-16)23(32)26-15-8-5-4-6-9-15/h4-6,8-13H,3,7H2,1-2H3,(H,26,32)(H,27,31). The summed E-state index contributed by atoms with van der Waals surface area (Å²) < 4.78 is 1.19. The van der Waals surface area contributed by atoms with Gasteiger partial charge in [-0.15, -0.1) is 0 Å². The first-order chi connectivity index (χ1) is 15.9. The number of nitrogens with zero attached hydrogens (tertiary/aromatic N) is 2. The Labute approximate surface area is 199 Å². The third-order valence-corrected chi connectivity index (χ3v) is 6.41. The Morgan fingerprint density at radius 1 is 1.03 bits per heavy atom. The Hall–Kier alpha value is -3.49. The summed E-state index contributed by atoms with van der Waals surface area (Å²) in [7, 11) is 0. The summed E-state index contributed by atoms with van der Waals surface area (Å²) in [6.45, 7) is 3.84. The van der Waals surface area contributed by atoms with Crippen LogP contribution in [-0.4, -0.2) is 21.2 Å². The maximum atomic E-state index is 13.3. The number of hydrogen-bond acceptors (Lipinski definition) is 5. The van der Waals surface area contributed by atoms with Crippen LogP contribution in [0.25, 0.3) is 4.96 Å². The van der Waals surface area contributed by atoms with Crippen molar-refractivity contribution in [2.24, 2.45) is 0 Å². The summed E-state index contributed by atoms with van der Waals surface area (Å²) in [5.41, 5.74) is 2.03.